The van der Waals surface area contributed by atoms with Gasteiger partial charge in [-0.15, -0.1) is 0 Å². The van der Waals surface area contributed by atoms with Gasteiger partial charge in [-0.05, 0) is 6.92 Å². The molecule has 0 saturated heterocycles. The van der Waals surface area contributed by atoms with E-state index in [1.165, 1.54) is 7.11 Å². The molecule has 0 aromatic carbocycles. The number of aliphatic hydroxyl groups excluding tert-OH is 4. The van der Waals surface area contributed by atoms with Crippen LogP contribution in [0.2, 0.25) is 0 Å². The number of aliphatic carboxylic acids is 4. The smallest absolute Gasteiger partial charge is 0.332 e. The minimum atomic E-state index is -1.11. The number of hydrogen-bond donors (Lipinski definition) is 8. The Morgan fingerprint density at radius 3 is 0.806 bits per heavy atom. The molecule has 0 fully saturated rings. The van der Waals surface area contributed by atoms with E-state index in [-0.39, 0.29) is 5.97 Å². The zero-order valence-corrected chi connectivity index (χ0v) is 20.2. The Morgan fingerprint density at radius 1 is 0.639 bits per heavy atom. The van der Waals surface area contributed by atoms with E-state index < -0.39 is 55.7 Å². The van der Waals surface area contributed by atoms with E-state index in [9.17, 15) is 24.0 Å². The summed E-state index contributed by atoms with van der Waals surface area (Å²) >= 11 is 0. The van der Waals surface area contributed by atoms with Crippen molar-refractivity contribution in [2.75, 3.05) is 33.5 Å². The first-order chi connectivity index (χ1) is 16.5. The predicted octanol–water partition coefficient (Wildman–Crippen LogP) is -0.294. The van der Waals surface area contributed by atoms with Crippen molar-refractivity contribution in [1.82, 2.24) is 0 Å². The van der Waals surface area contributed by atoms with E-state index in [4.69, 9.17) is 40.9 Å². The molecule has 0 bridgehead atoms. The number of methoxy groups -OCH3 is 1. The third-order valence-electron chi connectivity index (χ3n) is 2.57. The second-order valence-electron chi connectivity index (χ2n) is 5.57. The van der Waals surface area contributed by atoms with Gasteiger partial charge in [-0.25, -0.2) is 24.0 Å². The van der Waals surface area contributed by atoms with E-state index >= 15 is 0 Å². The van der Waals surface area contributed by atoms with Crippen LogP contribution >= 0.6 is 0 Å². The Morgan fingerprint density at radius 2 is 0.806 bits per heavy atom. The Hall–Kier alpha value is -4.11. The molecular formula is C22H36O14. The summed E-state index contributed by atoms with van der Waals surface area (Å²) in [7, 11) is 1.33. The van der Waals surface area contributed by atoms with Gasteiger partial charge >= 0.3 is 29.8 Å². The number of carboxylic acid groups (broad SMARTS) is 4. The fourth-order valence-electron chi connectivity index (χ4n) is 0.474. The molecule has 0 spiro atoms. The summed E-state index contributed by atoms with van der Waals surface area (Å²) in [6.45, 7) is 15.2. The molecule has 0 aromatic heterocycles. The van der Waals surface area contributed by atoms with Crippen LogP contribution in [-0.2, 0) is 28.7 Å². The lowest BCUT2D eigenvalue weighted by molar-refractivity contribution is -0.136. The SMILES string of the molecule is C=C(C)C(=O)OC.C=CC(=O)O.C=CC(=O)O.C=CC(=O)O.C=CC(=O)O.OCC(CO)(CO)CO. The number of hydrogen-bond acceptors (Lipinski definition) is 10. The Bertz CT molecular complexity index is 601. The van der Waals surface area contributed by atoms with Crippen molar-refractivity contribution in [3.8, 4) is 0 Å². The highest BCUT2D eigenvalue weighted by molar-refractivity contribution is 5.86. The topological polar surface area (TPSA) is 256 Å². The van der Waals surface area contributed by atoms with Crippen molar-refractivity contribution in [1.29, 1.82) is 0 Å². The van der Waals surface area contributed by atoms with E-state index in [1.54, 1.807) is 6.92 Å². The Labute approximate surface area is 208 Å². The monoisotopic (exact) mass is 524 g/mol. The molecular weight excluding hydrogens is 488 g/mol. The zero-order valence-electron chi connectivity index (χ0n) is 20.2. The van der Waals surface area contributed by atoms with Gasteiger partial charge < -0.3 is 45.6 Å². The van der Waals surface area contributed by atoms with Crippen LogP contribution in [0.1, 0.15) is 6.92 Å². The van der Waals surface area contributed by atoms with Crippen molar-refractivity contribution >= 4 is 29.8 Å². The van der Waals surface area contributed by atoms with Crippen LogP contribution in [0.4, 0.5) is 0 Å². The minimum absolute atomic E-state index is 0.347. The molecule has 14 heteroatoms. The van der Waals surface area contributed by atoms with Crippen LogP contribution in [0.3, 0.4) is 0 Å². The molecule has 0 amide bonds. The third kappa shape index (κ3) is 52.1. The lowest BCUT2D eigenvalue weighted by Gasteiger charge is -2.23. The molecule has 8 N–H and O–H groups in total. The molecule has 0 radical (unpaired) electrons. The van der Waals surface area contributed by atoms with Crippen LogP contribution in [0.5, 0.6) is 0 Å². The first-order valence-corrected chi connectivity index (χ1v) is 9.10. The van der Waals surface area contributed by atoms with E-state index in [2.05, 4.69) is 37.6 Å². The third-order valence-corrected chi connectivity index (χ3v) is 2.57. The van der Waals surface area contributed by atoms with Gasteiger partial charge in [0, 0.05) is 29.9 Å². The normalized spacial score (nSPS) is 8.06. The molecule has 0 aliphatic carbocycles. The number of esters is 1. The number of carbonyl (C=O) groups excluding carboxylic acids is 1. The number of carboxylic acids is 4. The molecule has 36 heavy (non-hydrogen) atoms. The summed E-state index contributed by atoms with van der Waals surface area (Å²) in [6.07, 6.45) is 3.33. The first kappa shape index (κ1) is 45.4. The number of ether oxygens (including phenoxy) is 1. The minimum Gasteiger partial charge on any atom is -0.478 e. The average molecular weight is 525 g/mol. The maximum Gasteiger partial charge on any atom is 0.332 e. The highest BCUT2D eigenvalue weighted by Crippen LogP contribution is 2.11. The lowest BCUT2D eigenvalue weighted by atomic mass is 9.93. The van der Waals surface area contributed by atoms with Gasteiger partial charge in [-0.1, -0.05) is 32.9 Å². The maximum atomic E-state index is 10.2. The van der Waals surface area contributed by atoms with Gasteiger partial charge in [0.15, 0.2) is 0 Å². The summed E-state index contributed by atoms with van der Waals surface area (Å²) in [5, 5.41) is 64.4. The summed E-state index contributed by atoms with van der Waals surface area (Å²) in [5.41, 5.74) is -0.678. The van der Waals surface area contributed by atoms with Gasteiger partial charge in [0.2, 0.25) is 0 Å². The molecule has 0 heterocycles. The second kappa shape index (κ2) is 33.1. The van der Waals surface area contributed by atoms with E-state index in [0.717, 1.165) is 24.3 Å². The van der Waals surface area contributed by atoms with Crippen LogP contribution in [0.15, 0.2) is 62.8 Å². The van der Waals surface area contributed by atoms with Crippen molar-refractivity contribution in [3.05, 3.63) is 62.8 Å². The van der Waals surface area contributed by atoms with Crippen LogP contribution in [-0.4, -0.2) is 104 Å². The molecule has 0 saturated carbocycles. The standard InChI is InChI=1S/C5H12O4.C5H8O2.4C3H4O2/c6-1-5(2-7,3-8)4-9;1-4(2)5(6)7-3;4*1-2-3(4)5/h6-9H,1-4H2;1H2,2-3H3;4*2H,1H2,(H,4,5). The molecule has 0 aliphatic heterocycles. The summed E-state index contributed by atoms with van der Waals surface area (Å²) < 4.78 is 4.27. The molecule has 14 nitrogen and oxygen atoms in total. The van der Waals surface area contributed by atoms with Gasteiger partial charge in [0.05, 0.1) is 39.0 Å². The van der Waals surface area contributed by atoms with Crippen LogP contribution in [0, 0.1) is 5.41 Å². The van der Waals surface area contributed by atoms with E-state index in [1.807, 2.05) is 0 Å². The molecule has 208 valence electrons. The summed E-state index contributed by atoms with van der Waals surface area (Å²) in [4.78, 5) is 47.2. The van der Waals surface area contributed by atoms with Crippen molar-refractivity contribution in [2.24, 2.45) is 5.41 Å². The van der Waals surface area contributed by atoms with Crippen molar-refractivity contribution < 1.29 is 69.6 Å². The first-order valence-electron chi connectivity index (χ1n) is 9.10. The van der Waals surface area contributed by atoms with E-state index in [0.29, 0.717) is 5.57 Å². The quantitative estimate of drug-likeness (QED) is 0.142. The van der Waals surface area contributed by atoms with Crippen molar-refractivity contribution in [3.63, 3.8) is 0 Å². The molecule has 0 rings (SSSR count). The lowest BCUT2D eigenvalue weighted by Crippen LogP contribution is -2.37. The molecule has 0 atom stereocenters. The highest BCUT2D eigenvalue weighted by atomic mass is 16.5. The maximum absolute atomic E-state index is 10.2. The second-order valence-corrected chi connectivity index (χ2v) is 5.57. The number of carbonyl (C=O) groups is 5. The fourth-order valence-corrected chi connectivity index (χ4v) is 0.474. The van der Waals surface area contributed by atoms with Crippen LogP contribution in [0.25, 0.3) is 0 Å². The largest absolute Gasteiger partial charge is 0.478 e. The molecule has 0 aliphatic rings. The molecule has 0 unspecified atom stereocenters. The van der Waals surface area contributed by atoms with Gasteiger partial charge in [0.1, 0.15) is 0 Å². The highest BCUT2D eigenvalue weighted by Gasteiger charge is 2.26. The predicted molar refractivity (Wildman–Crippen MR) is 129 cm³/mol. The number of rotatable bonds is 9. The van der Waals surface area contributed by atoms with Gasteiger partial charge in [-0.2, -0.15) is 0 Å². The van der Waals surface area contributed by atoms with Gasteiger partial charge in [0.25, 0.3) is 0 Å². The summed E-state index contributed by atoms with van der Waals surface area (Å²) in [5.74, 6) is -4.27. The Balaban J connectivity index is -0.0000000764. The Kier molecular flexibility index (Phi) is 41.7. The number of aliphatic hydroxyl groups is 4. The van der Waals surface area contributed by atoms with Gasteiger partial charge in [-0.3, -0.25) is 0 Å². The average Bonchev–Trinajstić information content (AvgIpc) is 2.86. The fraction of sp³-hybridized carbons (Fsp3) is 0.318. The van der Waals surface area contributed by atoms with Crippen molar-refractivity contribution in [2.45, 2.75) is 6.92 Å². The summed E-state index contributed by atoms with van der Waals surface area (Å²) in [6, 6.07) is 0. The molecule has 0 aromatic rings. The zero-order chi connectivity index (χ0) is 30.3. The van der Waals surface area contributed by atoms with Crippen LogP contribution < -0.4 is 0 Å².